The molecule has 0 radical (unpaired) electrons. The first-order chi connectivity index (χ1) is 2.00. The molecule has 0 fully saturated rings. The molecule has 0 nitrogen and oxygen atoms in total. The molecule has 0 aliphatic rings. The maximum Gasteiger partial charge on any atom is 0.107 e. The van der Waals surface area contributed by atoms with Gasteiger partial charge in [-0.3, -0.25) is 0 Å². The third-order valence-electron chi connectivity index (χ3n) is 0. The molecule has 0 aromatic heterocycles. The smallest absolute Gasteiger partial charge is 0.107 e. The predicted octanol–water partition coefficient (Wildman–Crippen LogP) is 2.47. The molecule has 0 saturated carbocycles. The maximum absolute atomic E-state index is 5.72. The molecule has 3 heteroatoms. The zero-order valence-corrected chi connectivity index (χ0v) is 6.80. The van der Waals surface area contributed by atoms with Crippen LogP contribution in [0.25, 0.3) is 0 Å². The van der Waals surface area contributed by atoms with Crippen LogP contribution in [0.5, 0.6) is 0 Å². The predicted molar refractivity (Wildman–Crippen MR) is 45.9 cm³/mol. The second-order valence-electron chi connectivity index (χ2n) is 0. The summed E-state index contributed by atoms with van der Waals surface area (Å²) in [4.78, 5) is 0. The van der Waals surface area contributed by atoms with Crippen LogP contribution in [0, 0.1) is 0 Å². The third kappa shape index (κ3) is 9.10. The fourth-order valence-electron chi connectivity index (χ4n) is 0. The lowest BCUT2D eigenvalue weighted by atomic mass is 12.0. The maximum atomic E-state index is 5.72. The molecule has 0 amide bonds. The highest BCUT2D eigenvalue weighted by Crippen LogP contribution is 1.87. The summed E-state index contributed by atoms with van der Waals surface area (Å²) in [6, 6.07) is 0. The average Bonchev–Trinajstić information content (AvgIpc) is 1.50. The van der Waals surface area contributed by atoms with Crippen molar-refractivity contribution in [2.75, 3.05) is 0 Å². The molecule has 0 rings (SSSR count). The molecule has 0 aromatic carbocycles. The summed E-state index contributed by atoms with van der Waals surface area (Å²) in [7, 11) is 0. The van der Waals surface area contributed by atoms with Crippen LogP contribution in [0.2, 0.25) is 0 Å². The van der Waals surface area contributed by atoms with E-state index in [0.29, 0.717) is 0 Å². The molecule has 1 unspecified atom stereocenters. The minimum atomic E-state index is 0. The van der Waals surface area contributed by atoms with Gasteiger partial charge in [-0.25, -0.2) is 0 Å². The Labute approximate surface area is 60.3 Å². The lowest BCUT2D eigenvalue weighted by molar-refractivity contribution is 2.50. The first kappa shape index (κ1) is 9.31. The van der Waals surface area contributed by atoms with Gasteiger partial charge in [0.1, 0.15) is 0.594 Å². The third-order valence-corrected chi connectivity index (χ3v) is 0. The van der Waals surface area contributed by atoms with Crippen molar-refractivity contribution in [1.29, 1.82) is 0.594 Å². The van der Waals surface area contributed by atoms with Crippen molar-refractivity contribution >= 4 is 52.7 Å². The van der Waals surface area contributed by atoms with Crippen molar-refractivity contribution in [2.45, 2.75) is 7.43 Å². The van der Waals surface area contributed by atoms with Crippen LogP contribution in [0.4, 0.5) is 0 Å². The number of rotatable bonds is 0. The Morgan fingerprint density at radius 1 is 1.75 bits per heavy atom. The standard InChI is InChI=1S/CH4.H2IP.HI/c;1-2;/h1H4;2H2;1H/i/hD. The molecule has 1 atom stereocenters. The monoisotopic (exact) mass is 305 g/mol. The molecule has 0 aromatic rings. The zero-order chi connectivity index (χ0) is 4.00. The van der Waals surface area contributed by atoms with E-state index in [4.69, 9.17) is 0.594 Å². The van der Waals surface area contributed by atoms with Crippen LogP contribution in [0.1, 0.15) is 7.43 Å². The lowest BCUT2D eigenvalue weighted by Gasteiger charge is -1.07. The fourth-order valence-corrected chi connectivity index (χ4v) is 0. The van der Waals surface area contributed by atoms with E-state index in [9.17, 15) is 0 Å². The first-order valence-corrected chi connectivity index (χ1v) is 4.39. The van der Waals surface area contributed by atoms with Crippen molar-refractivity contribution in [1.82, 2.24) is 0 Å². The highest BCUT2D eigenvalue weighted by atomic mass is 127. The van der Waals surface area contributed by atoms with E-state index in [2.05, 4.69) is 28.9 Å². The Kier molecular flexibility index (Phi) is 48.2. The Balaban J connectivity index is -0.0000000133. The number of hydrogen-bond donors (Lipinski definition) is 0. The molecule has 0 aliphatic heterocycles. The summed E-state index contributed by atoms with van der Waals surface area (Å²) in [5, 5.41) is 0. The summed E-state index contributed by atoms with van der Waals surface area (Å²) in [6.45, 7) is 2.39. The number of halogens is 2. The minimum Gasteiger partial charge on any atom is -0.107 e. The molecular weight excluding hydrogens is 297 g/mol. The quantitative estimate of drug-likeness (QED) is 0.476. The van der Waals surface area contributed by atoms with Crippen LogP contribution in [0.3, 0.4) is 0 Å². The molecule has 0 saturated heterocycles. The van der Waals surface area contributed by atoms with Crippen molar-refractivity contribution in [3.63, 3.8) is 0 Å². The van der Waals surface area contributed by atoms with Crippen LogP contribution >= 0.6 is 52.7 Å². The Morgan fingerprint density at radius 3 is 1.75 bits per heavy atom. The summed E-state index contributed by atoms with van der Waals surface area (Å²) >= 11 is 3.47. The van der Waals surface area contributed by atoms with Gasteiger partial charge in [0.05, 0.1) is 0 Å². The Bertz CT molecular complexity index is 9.61. The topological polar surface area (TPSA) is 0 Å². The SMILES string of the molecule is C.PI.[2H]I. The van der Waals surface area contributed by atoms with Gasteiger partial charge in [0.25, 0.3) is 0 Å². The van der Waals surface area contributed by atoms with E-state index < -0.39 is 0 Å². The van der Waals surface area contributed by atoms with Crippen LogP contribution < -0.4 is 0 Å². The van der Waals surface area contributed by atoms with Crippen LogP contribution in [-0.4, -0.2) is 0.594 Å². The van der Waals surface area contributed by atoms with Crippen molar-refractivity contribution in [2.24, 2.45) is 0 Å². The van der Waals surface area contributed by atoms with E-state index in [1.807, 2.05) is 0 Å². The van der Waals surface area contributed by atoms with Gasteiger partial charge in [-0.15, -0.1) is 23.8 Å². The van der Waals surface area contributed by atoms with Gasteiger partial charge in [-0.2, -0.15) is 0 Å². The van der Waals surface area contributed by atoms with E-state index >= 15 is 0 Å². The second kappa shape index (κ2) is 20.7. The summed E-state index contributed by atoms with van der Waals surface area (Å²) in [5.74, 6) is 0. The fraction of sp³-hybridized carbons (Fsp3) is 1.00. The van der Waals surface area contributed by atoms with E-state index in [1.54, 1.807) is 0 Å². The molecule has 0 spiro atoms. The van der Waals surface area contributed by atoms with Gasteiger partial charge in [-0.05, 0) is 0 Å². The van der Waals surface area contributed by atoms with E-state index in [1.165, 1.54) is 23.8 Å². The average molecular weight is 305 g/mol. The molecule has 0 heterocycles. The second-order valence-corrected chi connectivity index (χ2v) is 0. The van der Waals surface area contributed by atoms with Crippen molar-refractivity contribution < 1.29 is 0 Å². The zero-order valence-electron chi connectivity index (χ0n) is 2.33. The largest absolute Gasteiger partial charge is 0.107 e. The van der Waals surface area contributed by atoms with Crippen molar-refractivity contribution in [3.8, 4) is 0 Å². The summed E-state index contributed by atoms with van der Waals surface area (Å²) in [5.41, 5.74) is 0. The first-order valence-electron chi connectivity index (χ1n) is 0.596. The van der Waals surface area contributed by atoms with Gasteiger partial charge < -0.3 is 0 Å². The van der Waals surface area contributed by atoms with Gasteiger partial charge in [0.15, 0.2) is 0 Å². The molecule has 0 N–H and O–H groups in total. The highest BCUT2D eigenvalue weighted by molar-refractivity contribution is 14.2. The molecular formula is CH7I2P. The Hall–Kier alpha value is 1.89. The van der Waals surface area contributed by atoms with E-state index in [0.717, 1.165) is 0 Å². The van der Waals surface area contributed by atoms with Gasteiger partial charge >= 0.3 is 0 Å². The van der Waals surface area contributed by atoms with E-state index in [-0.39, 0.29) is 7.43 Å². The van der Waals surface area contributed by atoms with Gasteiger partial charge in [0.2, 0.25) is 0 Å². The van der Waals surface area contributed by atoms with Crippen molar-refractivity contribution in [3.05, 3.63) is 0 Å². The van der Waals surface area contributed by atoms with Crippen LogP contribution in [-0.2, 0) is 0 Å². The Morgan fingerprint density at radius 2 is 1.75 bits per heavy atom. The molecule has 4 heavy (non-hydrogen) atoms. The molecule has 0 aliphatic carbocycles. The number of hydrogen-bond acceptors (Lipinski definition) is 0. The lowest BCUT2D eigenvalue weighted by Crippen LogP contribution is -0.127. The molecule has 0 bridgehead atoms. The summed E-state index contributed by atoms with van der Waals surface area (Å²) < 4.78 is 5.72. The van der Waals surface area contributed by atoms with Crippen LogP contribution in [0.15, 0.2) is 0 Å². The van der Waals surface area contributed by atoms with Gasteiger partial charge in [-0.1, -0.05) is 36.3 Å². The normalized spacial score (nSPS) is 3.25. The summed E-state index contributed by atoms with van der Waals surface area (Å²) in [6.07, 6.45) is 0. The van der Waals surface area contributed by atoms with Gasteiger partial charge in [0, 0.05) is 0 Å². The molecule has 30 valence electrons. The minimum absolute atomic E-state index is 0. The highest BCUT2D eigenvalue weighted by Gasteiger charge is 0.934.